The van der Waals surface area contributed by atoms with Gasteiger partial charge >= 0.3 is 6.18 Å². The summed E-state index contributed by atoms with van der Waals surface area (Å²) in [5, 5.41) is 2.01. The van der Waals surface area contributed by atoms with Crippen LogP contribution in [0, 0.1) is 11.8 Å². The first-order valence-corrected chi connectivity index (χ1v) is 8.08. The lowest BCUT2D eigenvalue weighted by Crippen LogP contribution is -2.45. The van der Waals surface area contributed by atoms with Crippen LogP contribution in [0.1, 0.15) is 32.1 Å². The van der Waals surface area contributed by atoms with Gasteiger partial charge in [0.25, 0.3) is 0 Å². The molecule has 0 unspecified atom stereocenters. The number of amides is 1. The average molecular weight is 322 g/mol. The molecule has 0 bridgehead atoms. The lowest BCUT2D eigenvalue weighted by atomic mass is 9.96. The SMILES string of the molecule is O=C(NCC(F)(F)F)[C@H]1CCCN(CCC[C@H]2CCOC2)C1. The largest absolute Gasteiger partial charge is 0.405 e. The first-order valence-electron chi connectivity index (χ1n) is 8.08. The van der Waals surface area contributed by atoms with E-state index in [0.717, 1.165) is 52.0 Å². The monoisotopic (exact) mass is 322 g/mol. The van der Waals surface area contributed by atoms with Crippen LogP contribution in [0.4, 0.5) is 13.2 Å². The molecule has 2 rings (SSSR count). The molecule has 0 saturated carbocycles. The van der Waals surface area contributed by atoms with Crippen molar-refractivity contribution in [2.45, 2.75) is 38.3 Å². The molecule has 2 saturated heterocycles. The minimum atomic E-state index is -4.34. The Balaban J connectivity index is 1.65. The van der Waals surface area contributed by atoms with E-state index >= 15 is 0 Å². The molecule has 2 heterocycles. The highest BCUT2D eigenvalue weighted by Gasteiger charge is 2.31. The number of likely N-dealkylation sites (tertiary alicyclic amines) is 1. The van der Waals surface area contributed by atoms with Gasteiger partial charge in [0, 0.05) is 19.8 Å². The normalized spacial score (nSPS) is 27.0. The van der Waals surface area contributed by atoms with Crippen molar-refractivity contribution >= 4 is 5.91 Å². The molecule has 0 aliphatic carbocycles. The predicted molar refractivity (Wildman–Crippen MR) is 76.4 cm³/mol. The van der Waals surface area contributed by atoms with Crippen LogP contribution in [0.2, 0.25) is 0 Å². The number of piperidine rings is 1. The molecule has 7 heteroatoms. The van der Waals surface area contributed by atoms with Crippen LogP contribution in [-0.4, -0.2) is 56.4 Å². The third kappa shape index (κ3) is 6.12. The number of rotatable bonds is 6. The molecule has 2 aliphatic heterocycles. The molecule has 2 fully saturated rings. The Kier molecular flexibility index (Phi) is 6.50. The lowest BCUT2D eigenvalue weighted by Gasteiger charge is -2.32. The van der Waals surface area contributed by atoms with Crippen LogP contribution < -0.4 is 5.32 Å². The fourth-order valence-corrected chi connectivity index (χ4v) is 3.22. The van der Waals surface area contributed by atoms with Crippen molar-refractivity contribution in [3.8, 4) is 0 Å². The fraction of sp³-hybridized carbons (Fsp3) is 0.933. The summed E-state index contributed by atoms with van der Waals surface area (Å²) in [4.78, 5) is 14.0. The van der Waals surface area contributed by atoms with Gasteiger partial charge in [-0.05, 0) is 51.1 Å². The van der Waals surface area contributed by atoms with E-state index in [1.54, 1.807) is 0 Å². The summed E-state index contributed by atoms with van der Waals surface area (Å²) in [6.45, 7) is 2.90. The number of halogens is 3. The van der Waals surface area contributed by atoms with E-state index in [9.17, 15) is 18.0 Å². The van der Waals surface area contributed by atoms with Gasteiger partial charge in [-0.15, -0.1) is 0 Å². The molecule has 2 atom stereocenters. The molecule has 2 aliphatic rings. The second kappa shape index (κ2) is 8.15. The number of nitrogens with one attached hydrogen (secondary N) is 1. The number of ether oxygens (including phenoxy) is 1. The topological polar surface area (TPSA) is 41.6 Å². The van der Waals surface area contributed by atoms with Gasteiger partial charge in [-0.25, -0.2) is 0 Å². The number of hydrogen-bond acceptors (Lipinski definition) is 3. The number of carbonyl (C=O) groups is 1. The molecule has 0 aromatic carbocycles. The minimum absolute atomic E-state index is 0.314. The number of alkyl halides is 3. The van der Waals surface area contributed by atoms with E-state index in [4.69, 9.17) is 4.74 Å². The van der Waals surface area contributed by atoms with Crippen LogP contribution in [0.3, 0.4) is 0 Å². The second-order valence-electron chi connectivity index (χ2n) is 6.34. The standard InChI is InChI=1S/C15H25F3N2O2/c16-15(17,18)11-19-14(21)13-4-2-7-20(9-13)6-1-3-12-5-8-22-10-12/h12-13H,1-11H2,(H,19,21)/t12-,13-/m0/s1. The lowest BCUT2D eigenvalue weighted by molar-refractivity contribution is -0.141. The van der Waals surface area contributed by atoms with Crippen molar-refractivity contribution < 1.29 is 22.7 Å². The maximum Gasteiger partial charge on any atom is 0.405 e. The molecule has 0 spiro atoms. The molecule has 22 heavy (non-hydrogen) atoms. The molecule has 128 valence electrons. The maximum atomic E-state index is 12.1. The van der Waals surface area contributed by atoms with Gasteiger partial charge < -0.3 is 15.0 Å². The number of carbonyl (C=O) groups excluding carboxylic acids is 1. The van der Waals surface area contributed by atoms with Crippen molar-refractivity contribution in [2.75, 3.05) is 39.4 Å². The smallest absolute Gasteiger partial charge is 0.381 e. The van der Waals surface area contributed by atoms with Gasteiger partial charge in [-0.3, -0.25) is 4.79 Å². The molecule has 0 aromatic heterocycles. The van der Waals surface area contributed by atoms with Gasteiger partial charge in [0.15, 0.2) is 0 Å². The average Bonchev–Trinajstić information content (AvgIpc) is 2.97. The molecular weight excluding hydrogens is 297 g/mol. The molecule has 1 amide bonds. The van der Waals surface area contributed by atoms with E-state index in [-0.39, 0.29) is 5.92 Å². The van der Waals surface area contributed by atoms with E-state index < -0.39 is 18.6 Å². The van der Waals surface area contributed by atoms with Crippen molar-refractivity contribution in [3.05, 3.63) is 0 Å². The van der Waals surface area contributed by atoms with E-state index in [1.807, 2.05) is 5.32 Å². The summed E-state index contributed by atoms with van der Waals surface area (Å²) in [6, 6.07) is 0. The number of nitrogens with zero attached hydrogens (tertiary/aromatic N) is 1. The third-order valence-electron chi connectivity index (χ3n) is 4.45. The van der Waals surface area contributed by atoms with Crippen LogP contribution in [-0.2, 0) is 9.53 Å². The van der Waals surface area contributed by atoms with Crippen LogP contribution in [0.25, 0.3) is 0 Å². The van der Waals surface area contributed by atoms with Gasteiger partial charge in [-0.1, -0.05) is 0 Å². The van der Waals surface area contributed by atoms with Crippen molar-refractivity contribution in [2.24, 2.45) is 11.8 Å². The Morgan fingerprint density at radius 1 is 1.32 bits per heavy atom. The maximum absolute atomic E-state index is 12.1. The minimum Gasteiger partial charge on any atom is -0.381 e. The Bertz CT molecular complexity index is 357. The van der Waals surface area contributed by atoms with E-state index in [1.165, 1.54) is 0 Å². The summed E-state index contributed by atoms with van der Waals surface area (Å²) < 4.78 is 41.8. The van der Waals surface area contributed by atoms with Gasteiger partial charge in [0.05, 0.1) is 5.92 Å². The van der Waals surface area contributed by atoms with Crippen molar-refractivity contribution in [1.29, 1.82) is 0 Å². The van der Waals surface area contributed by atoms with Crippen LogP contribution in [0.5, 0.6) is 0 Å². The summed E-state index contributed by atoms with van der Waals surface area (Å²) in [7, 11) is 0. The quantitative estimate of drug-likeness (QED) is 0.815. The molecular formula is C15H25F3N2O2. The van der Waals surface area contributed by atoms with Gasteiger partial charge in [0.1, 0.15) is 6.54 Å². The number of hydrogen-bond donors (Lipinski definition) is 1. The zero-order valence-electron chi connectivity index (χ0n) is 12.8. The first kappa shape index (κ1) is 17.5. The predicted octanol–water partition coefficient (Wildman–Crippen LogP) is 2.19. The Hall–Kier alpha value is -0.820. The van der Waals surface area contributed by atoms with Gasteiger partial charge in [0.2, 0.25) is 5.91 Å². The fourth-order valence-electron chi connectivity index (χ4n) is 3.22. The van der Waals surface area contributed by atoms with E-state index in [0.29, 0.717) is 18.9 Å². The van der Waals surface area contributed by atoms with Crippen molar-refractivity contribution in [1.82, 2.24) is 10.2 Å². The second-order valence-corrected chi connectivity index (χ2v) is 6.34. The first-order chi connectivity index (χ1) is 10.4. The summed E-state index contributed by atoms with van der Waals surface area (Å²) in [5.41, 5.74) is 0. The molecule has 0 aromatic rings. The Morgan fingerprint density at radius 2 is 2.14 bits per heavy atom. The van der Waals surface area contributed by atoms with Crippen LogP contribution in [0.15, 0.2) is 0 Å². The zero-order chi connectivity index (χ0) is 16.0. The highest BCUT2D eigenvalue weighted by molar-refractivity contribution is 5.79. The summed E-state index contributed by atoms with van der Waals surface area (Å²) >= 11 is 0. The molecule has 4 nitrogen and oxygen atoms in total. The molecule has 0 radical (unpaired) electrons. The highest BCUT2D eigenvalue weighted by atomic mass is 19.4. The van der Waals surface area contributed by atoms with Gasteiger partial charge in [-0.2, -0.15) is 13.2 Å². The molecule has 1 N–H and O–H groups in total. The third-order valence-corrected chi connectivity index (χ3v) is 4.45. The van der Waals surface area contributed by atoms with Crippen LogP contribution >= 0.6 is 0 Å². The Morgan fingerprint density at radius 3 is 2.82 bits per heavy atom. The summed E-state index contributed by atoms with van der Waals surface area (Å²) in [6.07, 6.45) is 0.523. The Labute approximate surface area is 129 Å². The summed E-state index contributed by atoms with van der Waals surface area (Å²) in [5.74, 6) is -0.132. The zero-order valence-corrected chi connectivity index (χ0v) is 12.8. The highest BCUT2D eigenvalue weighted by Crippen LogP contribution is 2.21. The van der Waals surface area contributed by atoms with Crippen molar-refractivity contribution in [3.63, 3.8) is 0 Å². The van der Waals surface area contributed by atoms with E-state index in [2.05, 4.69) is 4.90 Å².